The maximum atomic E-state index is 12.6. The number of carbonyl (C=O) groups is 1. The van der Waals surface area contributed by atoms with Crippen molar-refractivity contribution in [2.24, 2.45) is 0 Å². The lowest BCUT2D eigenvalue weighted by Crippen LogP contribution is -2.31. The molecule has 3 rings (SSSR count). The van der Waals surface area contributed by atoms with Crippen LogP contribution < -0.4 is 4.90 Å². The molecule has 0 saturated heterocycles. The summed E-state index contributed by atoms with van der Waals surface area (Å²) in [6, 6.07) is 8.72. The molecule has 0 N–H and O–H groups in total. The second kappa shape index (κ2) is 7.86. The first-order valence-corrected chi connectivity index (χ1v) is 9.51. The van der Waals surface area contributed by atoms with Crippen LogP contribution in [0, 0.1) is 0 Å². The molecule has 7 nitrogen and oxygen atoms in total. The molecule has 1 saturated carbocycles. The van der Waals surface area contributed by atoms with Gasteiger partial charge in [0, 0.05) is 32.9 Å². The van der Waals surface area contributed by atoms with Crippen LogP contribution in [0.2, 0.25) is 0 Å². The van der Waals surface area contributed by atoms with E-state index in [4.69, 9.17) is 0 Å². The fourth-order valence-electron chi connectivity index (χ4n) is 2.54. The van der Waals surface area contributed by atoms with Crippen molar-refractivity contribution in [2.75, 3.05) is 31.3 Å². The van der Waals surface area contributed by atoms with Crippen LogP contribution in [0.25, 0.3) is 0 Å². The Hall–Kier alpha value is -2.09. The molecule has 0 unspecified atom stereocenters. The predicted molar refractivity (Wildman–Crippen MR) is 98.7 cm³/mol. The van der Waals surface area contributed by atoms with E-state index in [0.717, 1.165) is 29.2 Å². The zero-order valence-corrected chi connectivity index (χ0v) is 15.7. The van der Waals surface area contributed by atoms with Crippen LogP contribution >= 0.6 is 11.8 Å². The minimum atomic E-state index is 0.106. The molecule has 1 aromatic carbocycles. The van der Waals surface area contributed by atoms with Crippen molar-refractivity contribution in [2.45, 2.75) is 37.5 Å². The van der Waals surface area contributed by atoms with Crippen LogP contribution in [0.15, 0.2) is 29.4 Å². The van der Waals surface area contributed by atoms with Crippen molar-refractivity contribution in [1.82, 2.24) is 25.1 Å². The third-order valence-corrected chi connectivity index (χ3v) is 5.16. The standard InChI is InChI=1S/C17H24N6OS/c1-4-22(11-13-5-7-14(8-6-13)21(2)3)16(24)12-25-17-18-19-20-23(17)15-9-10-15/h5-8,15H,4,9-12H2,1-3H3. The quantitative estimate of drug-likeness (QED) is 0.673. The molecule has 1 amide bonds. The number of rotatable bonds is 8. The molecule has 2 aromatic rings. The lowest BCUT2D eigenvalue weighted by atomic mass is 10.2. The van der Waals surface area contributed by atoms with Gasteiger partial charge in [0.25, 0.3) is 0 Å². The van der Waals surface area contributed by atoms with Crippen LogP contribution in [-0.4, -0.2) is 57.4 Å². The molecule has 1 aliphatic carbocycles. The molecular formula is C17H24N6OS. The molecule has 0 spiro atoms. The maximum absolute atomic E-state index is 12.6. The summed E-state index contributed by atoms with van der Waals surface area (Å²) >= 11 is 1.42. The number of tetrazole rings is 1. The number of amides is 1. The highest BCUT2D eigenvalue weighted by Crippen LogP contribution is 2.36. The summed E-state index contributed by atoms with van der Waals surface area (Å²) in [6.07, 6.45) is 2.24. The molecule has 0 radical (unpaired) electrons. The van der Waals surface area contributed by atoms with Crippen molar-refractivity contribution in [1.29, 1.82) is 0 Å². The summed E-state index contributed by atoms with van der Waals surface area (Å²) in [5.41, 5.74) is 2.29. The van der Waals surface area contributed by atoms with Crippen LogP contribution in [0.3, 0.4) is 0 Å². The summed E-state index contributed by atoms with van der Waals surface area (Å²) < 4.78 is 1.84. The van der Waals surface area contributed by atoms with Gasteiger partial charge >= 0.3 is 0 Å². The molecular weight excluding hydrogens is 336 g/mol. The van der Waals surface area contributed by atoms with Gasteiger partial charge in [0.1, 0.15) is 0 Å². The summed E-state index contributed by atoms with van der Waals surface area (Å²) in [5, 5.41) is 12.5. The normalized spacial score (nSPS) is 13.7. The van der Waals surface area contributed by atoms with Gasteiger partial charge in [0.05, 0.1) is 11.8 Å². The Kier molecular flexibility index (Phi) is 5.57. The van der Waals surface area contributed by atoms with E-state index in [9.17, 15) is 4.79 Å². The lowest BCUT2D eigenvalue weighted by molar-refractivity contribution is -0.128. The number of carbonyl (C=O) groups excluding carboxylic acids is 1. The largest absolute Gasteiger partial charge is 0.378 e. The Morgan fingerprint density at radius 1 is 1.28 bits per heavy atom. The highest BCUT2D eigenvalue weighted by atomic mass is 32.2. The Morgan fingerprint density at radius 2 is 2.00 bits per heavy atom. The van der Waals surface area contributed by atoms with Gasteiger partial charge in [0.2, 0.25) is 11.1 Å². The summed E-state index contributed by atoms with van der Waals surface area (Å²) in [4.78, 5) is 16.5. The van der Waals surface area contributed by atoms with Crippen LogP contribution in [-0.2, 0) is 11.3 Å². The van der Waals surface area contributed by atoms with E-state index >= 15 is 0 Å². The fourth-order valence-corrected chi connectivity index (χ4v) is 3.39. The number of benzene rings is 1. The summed E-state index contributed by atoms with van der Waals surface area (Å²) in [6.45, 7) is 3.31. The average molecular weight is 360 g/mol. The first-order chi connectivity index (χ1) is 12.1. The maximum Gasteiger partial charge on any atom is 0.233 e. The number of hydrogen-bond donors (Lipinski definition) is 0. The molecule has 1 aromatic heterocycles. The van der Waals surface area contributed by atoms with E-state index < -0.39 is 0 Å². The smallest absolute Gasteiger partial charge is 0.233 e. The highest BCUT2D eigenvalue weighted by Gasteiger charge is 2.28. The van der Waals surface area contributed by atoms with Crippen LogP contribution in [0.5, 0.6) is 0 Å². The number of aromatic nitrogens is 4. The minimum Gasteiger partial charge on any atom is -0.378 e. The number of anilines is 1. The molecule has 0 aliphatic heterocycles. The van der Waals surface area contributed by atoms with Crippen molar-refractivity contribution in [3.05, 3.63) is 29.8 Å². The second-order valence-electron chi connectivity index (χ2n) is 6.39. The Bertz CT molecular complexity index is 710. The summed E-state index contributed by atoms with van der Waals surface area (Å²) in [5.74, 6) is 0.464. The lowest BCUT2D eigenvalue weighted by Gasteiger charge is -2.21. The number of thioether (sulfide) groups is 1. The molecule has 25 heavy (non-hydrogen) atoms. The predicted octanol–water partition coefficient (Wildman–Crippen LogP) is 2.21. The highest BCUT2D eigenvalue weighted by molar-refractivity contribution is 7.99. The molecule has 0 atom stereocenters. The fraction of sp³-hybridized carbons (Fsp3) is 0.529. The van der Waals surface area contributed by atoms with Gasteiger partial charge in [-0.2, -0.15) is 0 Å². The monoisotopic (exact) mass is 360 g/mol. The Labute approximate surface area is 152 Å². The number of hydrogen-bond acceptors (Lipinski definition) is 6. The first-order valence-electron chi connectivity index (χ1n) is 8.53. The van der Waals surface area contributed by atoms with E-state index in [1.165, 1.54) is 11.8 Å². The van der Waals surface area contributed by atoms with Crippen LogP contribution in [0.1, 0.15) is 31.4 Å². The van der Waals surface area contributed by atoms with Gasteiger partial charge in [-0.15, -0.1) is 5.10 Å². The van der Waals surface area contributed by atoms with E-state index in [1.54, 1.807) is 0 Å². The second-order valence-corrected chi connectivity index (χ2v) is 7.34. The van der Waals surface area contributed by atoms with E-state index in [1.807, 2.05) is 30.6 Å². The zero-order valence-electron chi connectivity index (χ0n) is 14.9. The Morgan fingerprint density at radius 3 is 2.60 bits per heavy atom. The Balaban J connectivity index is 1.56. The molecule has 0 bridgehead atoms. The topological polar surface area (TPSA) is 67.2 Å². The molecule has 1 fully saturated rings. The third-order valence-electron chi connectivity index (χ3n) is 4.24. The van der Waals surface area contributed by atoms with Gasteiger partial charge in [0.15, 0.2) is 0 Å². The molecule has 8 heteroatoms. The van der Waals surface area contributed by atoms with Gasteiger partial charge in [-0.05, 0) is 47.9 Å². The van der Waals surface area contributed by atoms with Gasteiger partial charge in [-0.25, -0.2) is 4.68 Å². The molecule has 1 aliphatic rings. The van der Waals surface area contributed by atoms with E-state index in [2.05, 4.69) is 44.7 Å². The molecule has 1 heterocycles. The van der Waals surface area contributed by atoms with Crippen molar-refractivity contribution in [3.63, 3.8) is 0 Å². The van der Waals surface area contributed by atoms with Gasteiger partial charge < -0.3 is 9.80 Å². The van der Waals surface area contributed by atoms with Crippen molar-refractivity contribution in [3.8, 4) is 0 Å². The molecule has 134 valence electrons. The first kappa shape index (κ1) is 17.7. The van der Waals surface area contributed by atoms with E-state index in [0.29, 0.717) is 24.9 Å². The summed E-state index contributed by atoms with van der Waals surface area (Å²) in [7, 11) is 4.03. The minimum absolute atomic E-state index is 0.106. The van der Waals surface area contributed by atoms with Crippen LogP contribution in [0.4, 0.5) is 5.69 Å². The van der Waals surface area contributed by atoms with Gasteiger partial charge in [-0.1, -0.05) is 23.9 Å². The zero-order chi connectivity index (χ0) is 17.8. The third kappa shape index (κ3) is 4.50. The SMILES string of the molecule is CCN(Cc1ccc(N(C)C)cc1)C(=O)CSc1nnnn1C1CC1. The van der Waals surface area contributed by atoms with Crippen molar-refractivity contribution < 1.29 is 4.79 Å². The van der Waals surface area contributed by atoms with E-state index in [-0.39, 0.29) is 5.91 Å². The van der Waals surface area contributed by atoms with Gasteiger partial charge in [-0.3, -0.25) is 4.79 Å². The average Bonchev–Trinajstić information content (AvgIpc) is 3.36. The number of nitrogens with zero attached hydrogens (tertiary/aromatic N) is 6. The van der Waals surface area contributed by atoms with Crippen molar-refractivity contribution >= 4 is 23.4 Å².